The fourth-order valence-corrected chi connectivity index (χ4v) is 2.98. The van der Waals surface area contributed by atoms with Gasteiger partial charge in [-0.1, -0.05) is 36.4 Å². The van der Waals surface area contributed by atoms with Crippen molar-refractivity contribution >= 4 is 11.8 Å². The van der Waals surface area contributed by atoms with Gasteiger partial charge in [0.05, 0.1) is 0 Å². The topological polar surface area (TPSA) is 43.8 Å². The van der Waals surface area contributed by atoms with Gasteiger partial charge in [-0.15, -0.1) is 0 Å². The van der Waals surface area contributed by atoms with E-state index in [2.05, 4.69) is 61.5 Å². The molecule has 0 unspecified atom stereocenters. The molecule has 0 amide bonds. The first kappa shape index (κ1) is 16.3. The number of rotatable bonds is 4. The van der Waals surface area contributed by atoms with E-state index in [0.29, 0.717) is 0 Å². The van der Waals surface area contributed by atoms with Crippen molar-refractivity contribution in [1.29, 1.82) is 0 Å². The van der Waals surface area contributed by atoms with Gasteiger partial charge in [-0.05, 0) is 24.1 Å². The Hall–Kier alpha value is -2.56. The Kier molecular flexibility index (Phi) is 5.66. The summed E-state index contributed by atoms with van der Waals surface area (Å²) >= 11 is 0. The van der Waals surface area contributed by atoms with E-state index in [1.165, 1.54) is 5.56 Å². The van der Waals surface area contributed by atoms with Crippen LogP contribution < -0.4 is 10.2 Å². The number of guanidine groups is 1. The number of nitrogens with zero attached hydrogens (tertiary/aromatic N) is 4. The lowest BCUT2D eigenvalue weighted by Gasteiger charge is -2.37. The van der Waals surface area contributed by atoms with E-state index in [-0.39, 0.29) is 0 Å². The average Bonchev–Trinajstić information content (AvgIpc) is 2.67. The molecule has 1 aromatic carbocycles. The molecule has 1 saturated heterocycles. The second-order valence-electron chi connectivity index (χ2n) is 5.87. The molecule has 2 aromatic rings. The molecule has 5 nitrogen and oxygen atoms in total. The van der Waals surface area contributed by atoms with Gasteiger partial charge < -0.3 is 15.1 Å². The van der Waals surface area contributed by atoms with Crippen LogP contribution in [-0.4, -0.2) is 55.6 Å². The summed E-state index contributed by atoms with van der Waals surface area (Å²) in [5.41, 5.74) is 1.35. The van der Waals surface area contributed by atoms with Crippen LogP contribution in [0, 0.1) is 0 Å². The standard InChI is InChI=1S/C19H25N5/c1-20-19(22-12-10-17-7-3-2-4-8-17)24-15-13-23(14-16-24)18-9-5-6-11-21-18/h2-9,11H,10,12-16H2,1H3,(H,20,22). The molecule has 3 rings (SSSR count). The number of benzene rings is 1. The molecule has 1 aliphatic heterocycles. The fraction of sp³-hybridized carbons (Fsp3) is 0.368. The molecule has 0 aliphatic carbocycles. The molecule has 0 spiro atoms. The number of piperazine rings is 1. The van der Waals surface area contributed by atoms with Crippen LogP contribution in [-0.2, 0) is 6.42 Å². The summed E-state index contributed by atoms with van der Waals surface area (Å²) in [6.07, 6.45) is 2.86. The third-order valence-electron chi connectivity index (χ3n) is 4.30. The van der Waals surface area contributed by atoms with Crippen LogP contribution in [0.1, 0.15) is 5.56 Å². The second-order valence-corrected chi connectivity index (χ2v) is 5.87. The molecule has 5 heteroatoms. The van der Waals surface area contributed by atoms with Crippen molar-refractivity contribution in [3.63, 3.8) is 0 Å². The van der Waals surface area contributed by atoms with Crippen LogP contribution in [0.4, 0.5) is 5.82 Å². The van der Waals surface area contributed by atoms with Gasteiger partial charge in [0, 0.05) is 46.0 Å². The Bertz CT molecular complexity index is 633. The number of hydrogen-bond donors (Lipinski definition) is 1. The average molecular weight is 323 g/mol. The minimum Gasteiger partial charge on any atom is -0.356 e. The molecule has 0 atom stereocenters. The number of aliphatic imine (C=N–C) groups is 1. The van der Waals surface area contributed by atoms with Crippen molar-refractivity contribution in [3.8, 4) is 0 Å². The molecule has 126 valence electrons. The lowest BCUT2D eigenvalue weighted by Crippen LogP contribution is -2.53. The quantitative estimate of drug-likeness (QED) is 0.691. The zero-order valence-electron chi connectivity index (χ0n) is 14.2. The lowest BCUT2D eigenvalue weighted by atomic mass is 10.1. The molecule has 0 radical (unpaired) electrons. The maximum atomic E-state index is 4.44. The molecule has 1 aliphatic rings. The normalized spacial score (nSPS) is 15.5. The fourth-order valence-electron chi connectivity index (χ4n) is 2.98. The van der Waals surface area contributed by atoms with E-state index >= 15 is 0 Å². The van der Waals surface area contributed by atoms with Gasteiger partial charge in [0.2, 0.25) is 0 Å². The largest absolute Gasteiger partial charge is 0.356 e. The van der Waals surface area contributed by atoms with E-state index in [0.717, 1.165) is 50.9 Å². The smallest absolute Gasteiger partial charge is 0.193 e. The second kappa shape index (κ2) is 8.34. The zero-order valence-corrected chi connectivity index (χ0v) is 14.2. The van der Waals surface area contributed by atoms with Crippen molar-refractivity contribution in [1.82, 2.24) is 15.2 Å². The molecule has 0 saturated carbocycles. The zero-order chi connectivity index (χ0) is 16.6. The van der Waals surface area contributed by atoms with Crippen LogP contribution in [0.5, 0.6) is 0 Å². The summed E-state index contributed by atoms with van der Waals surface area (Å²) in [6.45, 7) is 4.76. The highest BCUT2D eigenvalue weighted by atomic mass is 15.4. The molecular formula is C19H25N5. The van der Waals surface area contributed by atoms with Gasteiger partial charge in [0.25, 0.3) is 0 Å². The monoisotopic (exact) mass is 323 g/mol. The first-order chi connectivity index (χ1) is 11.9. The molecular weight excluding hydrogens is 298 g/mol. The van der Waals surface area contributed by atoms with Gasteiger partial charge in [0.1, 0.15) is 5.82 Å². The summed E-state index contributed by atoms with van der Waals surface area (Å²) in [4.78, 5) is 13.5. The minimum absolute atomic E-state index is 0.900. The minimum atomic E-state index is 0.900. The Morgan fingerprint density at radius 2 is 1.79 bits per heavy atom. The first-order valence-corrected chi connectivity index (χ1v) is 8.52. The van der Waals surface area contributed by atoms with Crippen LogP contribution in [0.2, 0.25) is 0 Å². The molecule has 1 aromatic heterocycles. The van der Waals surface area contributed by atoms with E-state index < -0.39 is 0 Å². The highest BCUT2D eigenvalue weighted by Gasteiger charge is 2.20. The molecule has 2 heterocycles. The predicted molar refractivity (Wildman–Crippen MR) is 99.5 cm³/mol. The third-order valence-corrected chi connectivity index (χ3v) is 4.30. The summed E-state index contributed by atoms with van der Waals surface area (Å²) in [5, 5.41) is 3.48. The van der Waals surface area contributed by atoms with Crippen molar-refractivity contribution < 1.29 is 0 Å². The number of anilines is 1. The van der Waals surface area contributed by atoms with E-state index in [4.69, 9.17) is 0 Å². The van der Waals surface area contributed by atoms with Crippen LogP contribution in [0.15, 0.2) is 59.7 Å². The first-order valence-electron chi connectivity index (χ1n) is 8.52. The van der Waals surface area contributed by atoms with Crippen LogP contribution >= 0.6 is 0 Å². The summed E-state index contributed by atoms with van der Waals surface area (Å²) in [7, 11) is 1.86. The molecule has 1 fully saturated rings. The predicted octanol–water partition coefficient (Wildman–Crippen LogP) is 2.02. The molecule has 1 N–H and O–H groups in total. The number of aromatic nitrogens is 1. The SMILES string of the molecule is CN=C(NCCc1ccccc1)N1CCN(c2ccccn2)CC1. The van der Waals surface area contributed by atoms with E-state index in [1.807, 2.05) is 25.4 Å². The Balaban J connectivity index is 1.47. The highest BCUT2D eigenvalue weighted by Crippen LogP contribution is 2.12. The number of hydrogen-bond acceptors (Lipinski definition) is 3. The van der Waals surface area contributed by atoms with Crippen LogP contribution in [0.25, 0.3) is 0 Å². The Morgan fingerprint density at radius 1 is 1.04 bits per heavy atom. The summed E-state index contributed by atoms with van der Waals surface area (Å²) in [5.74, 6) is 2.05. The number of pyridine rings is 1. The van der Waals surface area contributed by atoms with Crippen molar-refractivity contribution in [3.05, 3.63) is 60.3 Å². The third kappa shape index (κ3) is 4.25. The van der Waals surface area contributed by atoms with Crippen molar-refractivity contribution in [2.45, 2.75) is 6.42 Å². The van der Waals surface area contributed by atoms with Crippen LogP contribution in [0.3, 0.4) is 0 Å². The maximum absolute atomic E-state index is 4.44. The Morgan fingerprint density at radius 3 is 2.46 bits per heavy atom. The molecule has 24 heavy (non-hydrogen) atoms. The van der Waals surface area contributed by atoms with Gasteiger partial charge >= 0.3 is 0 Å². The highest BCUT2D eigenvalue weighted by molar-refractivity contribution is 5.80. The van der Waals surface area contributed by atoms with E-state index in [1.54, 1.807) is 0 Å². The van der Waals surface area contributed by atoms with Gasteiger partial charge in [-0.25, -0.2) is 4.98 Å². The molecule has 0 bridgehead atoms. The lowest BCUT2D eigenvalue weighted by molar-refractivity contribution is 0.372. The maximum Gasteiger partial charge on any atom is 0.193 e. The van der Waals surface area contributed by atoms with Crippen molar-refractivity contribution in [2.75, 3.05) is 44.7 Å². The summed E-state index contributed by atoms with van der Waals surface area (Å²) in [6, 6.07) is 16.6. The van der Waals surface area contributed by atoms with Crippen molar-refractivity contribution in [2.24, 2.45) is 4.99 Å². The number of nitrogens with one attached hydrogen (secondary N) is 1. The van der Waals surface area contributed by atoms with Gasteiger partial charge in [-0.2, -0.15) is 0 Å². The van der Waals surface area contributed by atoms with Gasteiger partial charge in [-0.3, -0.25) is 4.99 Å². The van der Waals surface area contributed by atoms with Gasteiger partial charge in [0.15, 0.2) is 5.96 Å². The van der Waals surface area contributed by atoms with E-state index in [9.17, 15) is 0 Å². The summed E-state index contributed by atoms with van der Waals surface area (Å²) < 4.78 is 0. The Labute approximate surface area is 144 Å².